The molecular formula is C14H17ClN2O3. The van der Waals surface area contributed by atoms with E-state index >= 15 is 0 Å². The van der Waals surface area contributed by atoms with E-state index in [1.54, 1.807) is 32.9 Å². The summed E-state index contributed by atoms with van der Waals surface area (Å²) in [6.07, 6.45) is 2.72. The van der Waals surface area contributed by atoms with E-state index < -0.39 is 11.4 Å². The number of carbonyl (C=O) groups is 2. The number of pyridine rings is 1. The van der Waals surface area contributed by atoms with E-state index in [9.17, 15) is 9.59 Å². The van der Waals surface area contributed by atoms with Gasteiger partial charge in [0.05, 0.1) is 18.5 Å². The Morgan fingerprint density at radius 2 is 2.00 bits per heavy atom. The lowest BCUT2D eigenvalue weighted by atomic mass is 9.95. The highest BCUT2D eigenvalue weighted by Gasteiger charge is 2.22. The largest absolute Gasteiger partial charge is 0.466 e. The monoisotopic (exact) mass is 296 g/mol. The first-order valence-corrected chi connectivity index (χ1v) is 6.36. The zero-order chi connectivity index (χ0) is 15.3. The first-order chi connectivity index (χ1) is 9.24. The maximum Gasteiger partial charge on any atom is 0.330 e. The second-order valence-corrected chi connectivity index (χ2v) is 5.49. The van der Waals surface area contributed by atoms with Crippen LogP contribution in [-0.2, 0) is 14.3 Å². The first-order valence-electron chi connectivity index (χ1n) is 5.98. The van der Waals surface area contributed by atoms with Crippen molar-refractivity contribution in [3.05, 3.63) is 29.1 Å². The Bertz CT molecular complexity index is 548. The molecule has 6 heteroatoms. The fraction of sp³-hybridized carbons (Fsp3) is 0.357. The highest BCUT2D eigenvalue weighted by atomic mass is 35.5. The fourth-order valence-corrected chi connectivity index (χ4v) is 1.37. The van der Waals surface area contributed by atoms with E-state index in [1.165, 1.54) is 19.3 Å². The summed E-state index contributed by atoms with van der Waals surface area (Å²) in [4.78, 5) is 26.9. The molecule has 0 bridgehead atoms. The molecule has 0 radical (unpaired) electrons. The van der Waals surface area contributed by atoms with E-state index in [4.69, 9.17) is 11.6 Å². The summed E-state index contributed by atoms with van der Waals surface area (Å²) in [5.41, 5.74) is 0.406. The zero-order valence-corrected chi connectivity index (χ0v) is 12.6. The van der Waals surface area contributed by atoms with Crippen LogP contribution in [0.4, 0.5) is 5.69 Å². The van der Waals surface area contributed by atoms with Crippen molar-refractivity contribution in [3.63, 3.8) is 0 Å². The molecule has 0 atom stereocenters. The zero-order valence-electron chi connectivity index (χ0n) is 11.9. The van der Waals surface area contributed by atoms with Crippen LogP contribution in [0.1, 0.15) is 26.5 Å². The van der Waals surface area contributed by atoms with Crippen molar-refractivity contribution in [3.8, 4) is 0 Å². The SMILES string of the molecule is COC(=O)/C=C/c1ccc(NC(=O)C(C)(C)C)c(Cl)n1. The summed E-state index contributed by atoms with van der Waals surface area (Å²) in [7, 11) is 1.29. The topological polar surface area (TPSA) is 68.3 Å². The highest BCUT2D eigenvalue weighted by molar-refractivity contribution is 6.32. The van der Waals surface area contributed by atoms with Crippen molar-refractivity contribution in [1.82, 2.24) is 4.98 Å². The number of halogens is 1. The molecule has 1 aromatic rings. The van der Waals surface area contributed by atoms with Crippen LogP contribution in [0.5, 0.6) is 0 Å². The van der Waals surface area contributed by atoms with Crippen molar-refractivity contribution in [1.29, 1.82) is 0 Å². The van der Waals surface area contributed by atoms with Crippen LogP contribution in [0.15, 0.2) is 18.2 Å². The summed E-state index contributed by atoms with van der Waals surface area (Å²) in [5, 5.41) is 2.87. The van der Waals surface area contributed by atoms with Gasteiger partial charge in [0.25, 0.3) is 0 Å². The van der Waals surface area contributed by atoms with Gasteiger partial charge < -0.3 is 10.1 Å². The number of methoxy groups -OCH3 is 1. The van der Waals surface area contributed by atoms with Gasteiger partial charge in [0.1, 0.15) is 0 Å². The van der Waals surface area contributed by atoms with Gasteiger partial charge in [-0.3, -0.25) is 4.79 Å². The van der Waals surface area contributed by atoms with Crippen LogP contribution in [-0.4, -0.2) is 24.0 Å². The highest BCUT2D eigenvalue weighted by Crippen LogP contribution is 2.23. The van der Waals surface area contributed by atoms with E-state index in [0.717, 1.165) is 0 Å². The lowest BCUT2D eigenvalue weighted by molar-refractivity contribution is -0.134. The van der Waals surface area contributed by atoms with Crippen molar-refractivity contribution < 1.29 is 14.3 Å². The number of nitrogens with zero attached hydrogens (tertiary/aromatic N) is 1. The predicted octanol–water partition coefficient (Wildman–Crippen LogP) is 2.91. The maximum atomic E-state index is 11.9. The Morgan fingerprint density at radius 1 is 1.35 bits per heavy atom. The third kappa shape index (κ3) is 4.66. The third-order valence-corrected chi connectivity index (χ3v) is 2.68. The molecule has 1 rings (SSSR count). The van der Waals surface area contributed by atoms with Crippen LogP contribution in [0, 0.1) is 5.41 Å². The van der Waals surface area contributed by atoms with Gasteiger partial charge in [-0.25, -0.2) is 9.78 Å². The maximum absolute atomic E-state index is 11.9. The molecule has 0 fully saturated rings. The van der Waals surface area contributed by atoms with Crippen LogP contribution in [0.25, 0.3) is 6.08 Å². The van der Waals surface area contributed by atoms with Gasteiger partial charge in [-0.2, -0.15) is 0 Å². The van der Waals surface area contributed by atoms with E-state index in [0.29, 0.717) is 11.4 Å². The van der Waals surface area contributed by atoms with Crippen LogP contribution < -0.4 is 5.32 Å². The lowest BCUT2D eigenvalue weighted by Gasteiger charge is -2.18. The first kappa shape index (κ1) is 16.2. The predicted molar refractivity (Wildman–Crippen MR) is 78.4 cm³/mol. The standard InChI is InChI=1S/C14H17ClN2O3/c1-14(2,3)13(19)17-10-7-5-9(16-12(10)15)6-8-11(18)20-4/h5-8H,1-4H3,(H,17,19)/b8-6+. The van der Waals surface area contributed by atoms with E-state index in [2.05, 4.69) is 15.0 Å². The second kappa shape index (κ2) is 6.52. The minimum absolute atomic E-state index is 0.154. The molecule has 0 aromatic carbocycles. The average Bonchev–Trinajstić information content (AvgIpc) is 2.37. The molecule has 5 nitrogen and oxygen atoms in total. The molecule has 1 heterocycles. The molecule has 1 amide bonds. The molecule has 0 saturated heterocycles. The number of ether oxygens (including phenoxy) is 1. The Morgan fingerprint density at radius 3 is 2.50 bits per heavy atom. The number of hydrogen-bond donors (Lipinski definition) is 1. The summed E-state index contributed by atoms with van der Waals surface area (Å²) in [5.74, 6) is -0.632. The van der Waals surface area contributed by atoms with Gasteiger partial charge in [0.15, 0.2) is 5.15 Å². The molecule has 0 unspecified atom stereocenters. The number of nitrogens with one attached hydrogen (secondary N) is 1. The molecule has 0 aliphatic rings. The number of anilines is 1. The molecule has 108 valence electrons. The van der Waals surface area contributed by atoms with Gasteiger partial charge in [-0.05, 0) is 18.2 Å². The lowest BCUT2D eigenvalue weighted by Crippen LogP contribution is -2.27. The Balaban J connectivity index is 2.86. The molecule has 0 aliphatic carbocycles. The molecule has 20 heavy (non-hydrogen) atoms. The van der Waals surface area contributed by atoms with Gasteiger partial charge in [0, 0.05) is 11.5 Å². The number of rotatable bonds is 3. The number of aromatic nitrogens is 1. The molecule has 0 aliphatic heterocycles. The number of amides is 1. The Labute approximate surface area is 123 Å². The van der Waals surface area contributed by atoms with Crippen LogP contribution >= 0.6 is 11.6 Å². The second-order valence-electron chi connectivity index (χ2n) is 5.14. The average molecular weight is 297 g/mol. The molecule has 0 spiro atoms. The number of esters is 1. The summed E-state index contributed by atoms with van der Waals surface area (Å²) < 4.78 is 4.47. The Kier molecular flexibility index (Phi) is 5.27. The minimum Gasteiger partial charge on any atom is -0.466 e. The summed E-state index contributed by atoms with van der Waals surface area (Å²) in [6.45, 7) is 5.41. The molecular weight excluding hydrogens is 280 g/mol. The normalized spacial score (nSPS) is 11.4. The quantitative estimate of drug-likeness (QED) is 0.529. The Hall–Kier alpha value is -1.88. The smallest absolute Gasteiger partial charge is 0.330 e. The number of carbonyl (C=O) groups excluding carboxylic acids is 2. The van der Waals surface area contributed by atoms with Gasteiger partial charge in [0.2, 0.25) is 5.91 Å². The van der Waals surface area contributed by atoms with Gasteiger partial charge >= 0.3 is 5.97 Å². The summed E-state index contributed by atoms with van der Waals surface area (Å²) in [6, 6.07) is 3.28. The number of hydrogen-bond acceptors (Lipinski definition) is 4. The molecule has 1 aromatic heterocycles. The van der Waals surface area contributed by atoms with Crippen molar-refractivity contribution in [2.45, 2.75) is 20.8 Å². The van der Waals surface area contributed by atoms with E-state index in [-0.39, 0.29) is 11.1 Å². The summed E-state index contributed by atoms with van der Waals surface area (Å²) >= 11 is 6.00. The van der Waals surface area contributed by atoms with Gasteiger partial charge in [-0.15, -0.1) is 0 Å². The van der Waals surface area contributed by atoms with Gasteiger partial charge in [-0.1, -0.05) is 32.4 Å². The minimum atomic E-state index is -0.521. The van der Waals surface area contributed by atoms with Crippen molar-refractivity contribution in [2.75, 3.05) is 12.4 Å². The van der Waals surface area contributed by atoms with Crippen molar-refractivity contribution in [2.24, 2.45) is 5.41 Å². The molecule has 0 saturated carbocycles. The molecule has 1 N–H and O–H groups in total. The van der Waals surface area contributed by atoms with Crippen LogP contribution in [0.2, 0.25) is 5.15 Å². The van der Waals surface area contributed by atoms with Crippen molar-refractivity contribution >= 4 is 35.2 Å². The van der Waals surface area contributed by atoms with Crippen LogP contribution in [0.3, 0.4) is 0 Å². The fourth-order valence-electron chi connectivity index (χ4n) is 1.17. The third-order valence-electron chi connectivity index (χ3n) is 2.39. The van der Waals surface area contributed by atoms with E-state index in [1.807, 2.05) is 0 Å².